The second kappa shape index (κ2) is 7.14. The third-order valence-corrected chi connectivity index (χ3v) is 6.58. The van der Waals surface area contributed by atoms with Gasteiger partial charge in [0.05, 0.1) is 18.8 Å². The molecule has 5 N–H and O–H groups in total. The maximum Gasteiger partial charge on any atom is 0.254 e. The van der Waals surface area contributed by atoms with Gasteiger partial charge >= 0.3 is 0 Å². The molecule has 2 fully saturated rings. The molecule has 0 radical (unpaired) electrons. The first-order valence-corrected chi connectivity index (χ1v) is 10.5. The van der Waals surface area contributed by atoms with Crippen molar-refractivity contribution in [2.75, 3.05) is 18.8 Å². The molecular weight excluding hydrogens is 402 g/mol. The molecular formula is C21H24ClN7O. The molecule has 1 aromatic carbocycles. The molecule has 1 aliphatic carbocycles. The fourth-order valence-corrected chi connectivity index (χ4v) is 5.04. The highest BCUT2D eigenvalue weighted by atomic mass is 35.5. The van der Waals surface area contributed by atoms with Crippen LogP contribution in [0.3, 0.4) is 0 Å². The first-order valence-electron chi connectivity index (χ1n) is 10.1. The van der Waals surface area contributed by atoms with Crippen LogP contribution in [0.15, 0.2) is 36.7 Å². The number of hydrogen-bond donors (Lipinski definition) is 3. The van der Waals surface area contributed by atoms with Gasteiger partial charge in [0.25, 0.3) is 5.91 Å². The van der Waals surface area contributed by atoms with Gasteiger partial charge in [-0.1, -0.05) is 23.7 Å². The van der Waals surface area contributed by atoms with E-state index in [2.05, 4.69) is 10.4 Å². The van der Waals surface area contributed by atoms with Crippen molar-refractivity contribution < 1.29 is 4.79 Å². The molecule has 0 bridgehead atoms. The van der Waals surface area contributed by atoms with Gasteiger partial charge in [-0.25, -0.2) is 4.68 Å². The van der Waals surface area contributed by atoms with Gasteiger partial charge in [-0.3, -0.25) is 9.48 Å². The Balaban J connectivity index is 1.43. The zero-order valence-corrected chi connectivity index (χ0v) is 17.3. The number of nitrogens with one attached hydrogen (secondary N) is 1. The predicted octanol–water partition coefficient (Wildman–Crippen LogP) is 2.44. The van der Waals surface area contributed by atoms with E-state index in [-0.39, 0.29) is 11.6 Å². The average Bonchev–Trinajstić information content (AvgIpc) is 3.38. The van der Waals surface area contributed by atoms with Crippen LogP contribution in [-0.4, -0.2) is 38.6 Å². The number of nitrogens with two attached hydrogens (primary N) is 2. The Morgan fingerprint density at radius 1 is 1.37 bits per heavy atom. The summed E-state index contributed by atoms with van der Waals surface area (Å²) in [6.45, 7) is 2.65. The smallest absolute Gasteiger partial charge is 0.254 e. The second-order valence-electron chi connectivity index (χ2n) is 8.46. The summed E-state index contributed by atoms with van der Waals surface area (Å²) in [5.74, 6) is -0.237. The topological polar surface area (TPSA) is 117 Å². The lowest BCUT2D eigenvalue weighted by Crippen LogP contribution is -2.40. The maximum absolute atomic E-state index is 12.2. The Hall–Kier alpha value is -2.84. The molecule has 2 aromatic heterocycles. The van der Waals surface area contributed by atoms with E-state index >= 15 is 0 Å². The van der Waals surface area contributed by atoms with Gasteiger partial charge in [-0.15, -0.1) is 0 Å². The largest absolute Gasteiger partial charge is 0.383 e. The lowest BCUT2D eigenvalue weighted by atomic mass is 9.65. The number of hydrogen-bond acceptors (Lipinski definition) is 5. The molecule has 2 aliphatic rings. The van der Waals surface area contributed by atoms with Crippen molar-refractivity contribution in [3.63, 3.8) is 0 Å². The van der Waals surface area contributed by atoms with E-state index in [9.17, 15) is 4.79 Å². The Labute approximate surface area is 179 Å². The van der Waals surface area contributed by atoms with E-state index in [1.165, 1.54) is 6.42 Å². The minimum absolute atomic E-state index is 0.193. The lowest BCUT2D eigenvalue weighted by Gasteiger charge is -2.45. The molecule has 30 heavy (non-hydrogen) atoms. The summed E-state index contributed by atoms with van der Waals surface area (Å²) < 4.78 is 3.57. The van der Waals surface area contributed by atoms with Gasteiger partial charge < -0.3 is 16.8 Å². The molecule has 1 saturated carbocycles. The molecule has 5 rings (SSSR count). The summed E-state index contributed by atoms with van der Waals surface area (Å²) in [6.07, 6.45) is 6.74. The molecule has 8 nitrogen and oxygen atoms in total. The first kappa shape index (κ1) is 19.1. The number of rotatable bonds is 5. The van der Waals surface area contributed by atoms with Crippen molar-refractivity contribution >= 4 is 23.3 Å². The van der Waals surface area contributed by atoms with Crippen molar-refractivity contribution in [3.8, 4) is 11.3 Å². The molecule has 0 atom stereocenters. The number of carbonyl (C=O) groups excluding carboxylic acids is 1. The quantitative estimate of drug-likeness (QED) is 0.580. The highest BCUT2D eigenvalue weighted by Gasteiger charge is 2.48. The molecule has 9 heteroatoms. The Morgan fingerprint density at radius 3 is 2.90 bits per heavy atom. The van der Waals surface area contributed by atoms with Gasteiger partial charge in [0, 0.05) is 23.3 Å². The number of primary amides is 1. The highest BCUT2D eigenvalue weighted by molar-refractivity contribution is 6.30. The van der Waals surface area contributed by atoms with Crippen molar-refractivity contribution in [1.29, 1.82) is 0 Å². The van der Waals surface area contributed by atoms with E-state index in [1.54, 1.807) is 15.6 Å². The van der Waals surface area contributed by atoms with Crippen molar-refractivity contribution in [1.82, 2.24) is 24.9 Å². The number of benzene rings is 1. The van der Waals surface area contributed by atoms with E-state index in [0.717, 1.165) is 31.5 Å². The normalized spacial score (nSPS) is 23.0. The van der Waals surface area contributed by atoms with Gasteiger partial charge in [0.2, 0.25) is 0 Å². The fourth-order valence-electron chi connectivity index (χ4n) is 4.82. The Morgan fingerprint density at radius 2 is 2.20 bits per heavy atom. The molecule has 1 saturated heterocycles. The Bertz CT molecular complexity index is 1100. The SMILES string of the molecule is NC(=O)c1c(-c2cnn(Cc3cccc(Cl)c3)c2)nn(C2CC3(CCNC3)C2)c1N. The first-order chi connectivity index (χ1) is 14.4. The molecule has 1 aliphatic heterocycles. The number of halogens is 1. The minimum atomic E-state index is -0.576. The lowest BCUT2D eigenvalue weighted by molar-refractivity contribution is 0.0774. The maximum atomic E-state index is 12.2. The predicted molar refractivity (Wildman–Crippen MR) is 115 cm³/mol. The van der Waals surface area contributed by atoms with Crippen LogP contribution in [0.25, 0.3) is 11.3 Å². The van der Waals surface area contributed by atoms with Gasteiger partial charge in [-0.05, 0) is 48.9 Å². The zero-order chi connectivity index (χ0) is 20.9. The van der Waals surface area contributed by atoms with Crippen LogP contribution in [0.2, 0.25) is 5.02 Å². The molecule has 156 valence electrons. The van der Waals surface area contributed by atoms with E-state index in [1.807, 2.05) is 30.5 Å². The van der Waals surface area contributed by atoms with Crippen LogP contribution >= 0.6 is 11.6 Å². The molecule has 0 unspecified atom stereocenters. The number of anilines is 1. The third-order valence-electron chi connectivity index (χ3n) is 6.35. The van der Waals surface area contributed by atoms with E-state index in [4.69, 9.17) is 28.2 Å². The van der Waals surface area contributed by atoms with Crippen LogP contribution in [0.1, 0.15) is 41.2 Å². The molecule has 3 aromatic rings. The van der Waals surface area contributed by atoms with Crippen LogP contribution < -0.4 is 16.8 Å². The summed E-state index contributed by atoms with van der Waals surface area (Å²) in [5.41, 5.74) is 14.8. The Kier molecular flexibility index (Phi) is 4.56. The standard InChI is InChI=1S/C21H24ClN7O/c22-15-3-1-2-13(6-15)10-28-11-14(9-26-28)18-17(20(24)30)19(23)29(27-18)16-7-21(8-16)4-5-25-12-21/h1-3,6,9,11,16,25H,4-5,7-8,10,12,23H2,(H2,24,30). The van der Waals surface area contributed by atoms with Gasteiger partial charge in [0.1, 0.15) is 17.1 Å². The van der Waals surface area contributed by atoms with Crippen LogP contribution in [0.5, 0.6) is 0 Å². The molecule has 3 heterocycles. The molecule has 1 spiro atoms. The summed E-state index contributed by atoms with van der Waals surface area (Å²) >= 11 is 6.07. The number of nitrogen functional groups attached to an aromatic ring is 1. The van der Waals surface area contributed by atoms with Crippen LogP contribution in [0.4, 0.5) is 5.82 Å². The van der Waals surface area contributed by atoms with E-state index < -0.39 is 5.91 Å². The monoisotopic (exact) mass is 425 g/mol. The number of nitrogens with zero attached hydrogens (tertiary/aromatic N) is 4. The summed E-state index contributed by atoms with van der Waals surface area (Å²) in [4.78, 5) is 12.2. The van der Waals surface area contributed by atoms with Crippen molar-refractivity contribution in [2.24, 2.45) is 11.1 Å². The third kappa shape index (κ3) is 3.26. The number of aromatic nitrogens is 4. The summed E-state index contributed by atoms with van der Waals surface area (Å²) in [6, 6.07) is 7.81. The number of amides is 1. The summed E-state index contributed by atoms with van der Waals surface area (Å²) in [7, 11) is 0. The minimum Gasteiger partial charge on any atom is -0.383 e. The second-order valence-corrected chi connectivity index (χ2v) is 8.90. The molecule has 1 amide bonds. The summed E-state index contributed by atoms with van der Waals surface area (Å²) in [5, 5.41) is 13.2. The zero-order valence-electron chi connectivity index (χ0n) is 16.5. The van der Waals surface area contributed by atoms with Crippen molar-refractivity contribution in [3.05, 3.63) is 52.8 Å². The van der Waals surface area contributed by atoms with Gasteiger partial charge in [-0.2, -0.15) is 10.2 Å². The van der Waals surface area contributed by atoms with Crippen LogP contribution in [-0.2, 0) is 6.54 Å². The van der Waals surface area contributed by atoms with Gasteiger partial charge in [0.15, 0.2) is 0 Å². The van der Waals surface area contributed by atoms with E-state index in [0.29, 0.717) is 34.1 Å². The highest BCUT2D eigenvalue weighted by Crippen LogP contribution is 2.53. The average molecular weight is 426 g/mol. The van der Waals surface area contributed by atoms with Crippen LogP contribution in [0, 0.1) is 5.41 Å². The fraction of sp³-hybridized carbons (Fsp3) is 0.381. The van der Waals surface area contributed by atoms with Crippen molar-refractivity contribution in [2.45, 2.75) is 31.8 Å². The number of carbonyl (C=O) groups is 1.